The van der Waals surface area contributed by atoms with Crippen molar-refractivity contribution in [1.82, 2.24) is 4.98 Å². The van der Waals surface area contributed by atoms with Crippen molar-refractivity contribution in [2.75, 3.05) is 11.4 Å². The highest BCUT2D eigenvalue weighted by atomic mass is 16.3. The van der Waals surface area contributed by atoms with Crippen molar-refractivity contribution in [3.8, 4) is 0 Å². The predicted molar refractivity (Wildman–Crippen MR) is 54.3 cm³/mol. The molecule has 1 saturated heterocycles. The molecule has 1 spiro atoms. The van der Waals surface area contributed by atoms with Gasteiger partial charge in [0.05, 0.1) is 11.6 Å². The number of hydrogen-bond acceptors (Lipinski definition) is 3. The maximum absolute atomic E-state index is 9.66. The zero-order valence-electron chi connectivity index (χ0n) is 8.27. The molecule has 3 heteroatoms. The van der Waals surface area contributed by atoms with E-state index in [-0.39, 0.29) is 11.6 Å². The van der Waals surface area contributed by atoms with Gasteiger partial charge in [-0.25, -0.2) is 4.98 Å². The molecule has 1 N–H and O–H groups in total. The fourth-order valence-corrected chi connectivity index (χ4v) is 2.26. The Morgan fingerprint density at radius 1 is 1.50 bits per heavy atom. The molecule has 1 aromatic rings. The lowest BCUT2D eigenvalue weighted by molar-refractivity contribution is 0.0773. The lowest BCUT2D eigenvalue weighted by Gasteiger charge is -2.47. The summed E-state index contributed by atoms with van der Waals surface area (Å²) in [4.78, 5) is 6.62. The van der Waals surface area contributed by atoms with Gasteiger partial charge in [0.25, 0.3) is 0 Å². The number of hydrogen-bond donors (Lipinski definition) is 1. The van der Waals surface area contributed by atoms with Crippen LogP contribution in [0.25, 0.3) is 0 Å². The second-order valence-electron chi connectivity index (χ2n) is 4.42. The van der Waals surface area contributed by atoms with E-state index in [1.54, 1.807) is 0 Å². The van der Waals surface area contributed by atoms with Gasteiger partial charge in [-0.15, -0.1) is 0 Å². The van der Waals surface area contributed by atoms with Crippen molar-refractivity contribution in [3.63, 3.8) is 0 Å². The number of aryl methyl sites for hydroxylation is 1. The van der Waals surface area contributed by atoms with Crippen molar-refractivity contribution in [1.29, 1.82) is 0 Å². The van der Waals surface area contributed by atoms with Crippen LogP contribution in [-0.2, 0) is 0 Å². The van der Waals surface area contributed by atoms with E-state index in [4.69, 9.17) is 0 Å². The molecule has 0 amide bonds. The van der Waals surface area contributed by atoms with E-state index >= 15 is 0 Å². The molecule has 3 nitrogen and oxygen atoms in total. The number of pyridine rings is 1. The van der Waals surface area contributed by atoms with E-state index < -0.39 is 0 Å². The maximum atomic E-state index is 9.66. The Balaban J connectivity index is 1.87. The van der Waals surface area contributed by atoms with Crippen LogP contribution in [0.1, 0.15) is 18.4 Å². The van der Waals surface area contributed by atoms with Crippen LogP contribution < -0.4 is 4.90 Å². The molecule has 3 rings (SSSR count). The minimum atomic E-state index is -0.134. The molecule has 1 aromatic heterocycles. The summed E-state index contributed by atoms with van der Waals surface area (Å²) in [6.07, 6.45) is 3.98. The van der Waals surface area contributed by atoms with Crippen LogP contribution in [0.5, 0.6) is 0 Å². The van der Waals surface area contributed by atoms with Gasteiger partial charge in [-0.2, -0.15) is 0 Å². The number of aliphatic hydroxyl groups excluding tert-OH is 1. The second-order valence-corrected chi connectivity index (χ2v) is 4.42. The highest BCUT2D eigenvalue weighted by Gasteiger charge is 2.61. The van der Waals surface area contributed by atoms with Crippen molar-refractivity contribution >= 4 is 5.82 Å². The lowest BCUT2D eigenvalue weighted by Crippen LogP contribution is -2.63. The smallest absolute Gasteiger partial charge is 0.129 e. The molecule has 0 radical (unpaired) electrons. The molecular weight excluding hydrogens is 176 g/mol. The van der Waals surface area contributed by atoms with E-state index in [0.717, 1.165) is 25.2 Å². The summed E-state index contributed by atoms with van der Waals surface area (Å²) in [5.74, 6) is 1.01. The molecular formula is C11H14N2O. The Kier molecular flexibility index (Phi) is 1.46. The lowest BCUT2D eigenvalue weighted by atomic mass is 9.96. The summed E-state index contributed by atoms with van der Waals surface area (Å²) in [5, 5.41) is 9.66. The van der Waals surface area contributed by atoms with E-state index in [9.17, 15) is 5.11 Å². The molecule has 14 heavy (non-hydrogen) atoms. The topological polar surface area (TPSA) is 36.4 Å². The Morgan fingerprint density at radius 2 is 2.29 bits per heavy atom. The van der Waals surface area contributed by atoms with Gasteiger partial charge in [-0.1, -0.05) is 6.07 Å². The Bertz CT molecular complexity index is 356. The van der Waals surface area contributed by atoms with Gasteiger partial charge in [0.1, 0.15) is 5.82 Å². The van der Waals surface area contributed by atoms with Gasteiger partial charge >= 0.3 is 0 Å². The molecule has 1 atom stereocenters. The summed E-state index contributed by atoms with van der Waals surface area (Å²) >= 11 is 0. The fraction of sp³-hybridized carbons (Fsp3) is 0.545. The van der Waals surface area contributed by atoms with Crippen LogP contribution in [-0.4, -0.2) is 28.3 Å². The number of aliphatic hydroxyl groups is 1. The van der Waals surface area contributed by atoms with Crippen LogP contribution in [0.3, 0.4) is 0 Å². The first-order valence-corrected chi connectivity index (χ1v) is 5.11. The van der Waals surface area contributed by atoms with Crippen LogP contribution in [0.15, 0.2) is 18.3 Å². The highest BCUT2D eigenvalue weighted by Crippen LogP contribution is 2.52. The quantitative estimate of drug-likeness (QED) is 0.720. The zero-order valence-corrected chi connectivity index (χ0v) is 8.27. The summed E-state index contributed by atoms with van der Waals surface area (Å²) in [7, 11) is 0. The van der Waals surface area contributed by atoms with Crippen molar-refractivity contribution in [2.24, 2.45) is 0 Å². The zero-order chi connectivity index (χ0) is 9.76. The predicted octanol–water partition coefficient (Wildman–Crippen LogP) is 1.10. The third kappa shape index (κ3) is 0.932. The summed E-state index contributed by atoms with van der Waals surface area (Å²) in [6, 6.07) is 4.12. The number of anilines is 1. The van der Waals surface area contributed by atoms with Crippen molar-refractivity contribution in [3.05, 3.63) is 23.9 Å². The largest absolute Gasteiger partial charge is 0.389 e. The van der Waals surface area contributed by atoms with Crippen molar-refractivity contribution in [2.45, 2.75) is 31.4 Å². The molecule has 1 aliphatic carbocycles. The van der Waals surface area contributed by atoms with Crippen LogP contribution in [0.4, 0.5) is 5.82 Å². The molecule has 2 fully saturated rings. The van der Waals surface area contributed by atoms with Gasteiger partial charge in [0.15, 0.2) is 0 Å². The van der Waals surface area contributed by atoms with E-state index in [1.807, 2.05) is 19.2 Å². The van der Waals surface area contributed by atoms with Gasteiger partial charge < -0.3 is 10.0 Å². The highest BCUT2D eigenvalue weighted by molar-refractivity contribution is 5.51. The SMILES string of the molecule is Cc1ccc(N2CC(O)C23CC3)nc1. The standard InChI is InChI=1S/C11H14N2O/c1-8-2-3-10(12-6-8)13-7-9(14)11(13)4-5-11/h2-3,6,9,14H,4-5,7H2,1H3. The molecule has 2 aliphatic rings. The summed E-state index contributed by atoms with van der Waals surface area (Å²) in [6.45, 7) is 2.78. The molecule has 74 valence electrons. The first-order valence-electron chi connectivity index (χ1n) is 5.11. The monoisotopic (exact) mass is 190 g/mol. The fourth-order valence-electron chi connectivity index (χ4n) is 2.26. The normalized spacial score (nSPS) is 27.6. The Labute approximate surface area is 83.4 Å². The number of nitrogens with zero attached hydrogens (tertiary/aromatic N) is 2. The van der Waals surface area contributed by atoms with Crippen LogP contribution in [0.2, 0.25) is 0 Å². The first kappa shape index (κ1) is 8.24. The van der Waals surface area contributed by atoms with Crippen LogP contribution >= 0.6 is 0 Å². The Morgan fingerprint density at radius 3 is 2.79 bits per heavy atom. The minimum absolute atomic E-state index is 0.0717. The van der Waals surface area contributed by atoms with Gasteiger partial charge in [-0.05, 0) is 31.4 Å². The first-order chi connectivity index (χ1) is 6.72. The molecule has 2 heterocycles. The third-order valence-electron chi connectivity index (χ3n) is 3.45. The molecule has 1 unspecified atom stereocenters. The molecule has 1 saturated carbocycles. The average molecular weight is 190 g/mol. The number of rotatable bonds is 1. The molecule has 0 aromatic carbocycles. The average Bonchev–Trinajstić information content (AvgIpc) is 2.98. The minimum Gasteiger partial charge on any atom is -0.389 e. The molecule has 1 aliphatic heterocycles. The maximum Gasteiger partial charge on any atom is 0.129 e. The number of β-amino-alcohol motifs (C(OH)–C–C–N with tert-alkyl or cyclic N) is 1. The van der Waals surface area contributed by atoms with Gasteiger partial charge in [0, 0.05) is 12.7 Å². The molecule has 0 bridgehead atoms. The van der Waals surface area contributed by atoms with E-state index in [0.29, 0.717) is 0 Å². The summed E-state index contributed by atoms with van der Waals surface area (Å²) in [5.41, 5.74) is 1.25. The van der Waals surface area contributed by atoms with Crippen LogP contribution in [0, 0.1) is 6.92 Å². The second kappa shape index (κ2) is 2.48. The van der Waals surface area contributed by atoms with E-state index in [2.05, 4.69) is 16.0 Å². The number of aromatic nitrogens is 1. The summed E-state index contributed by atoms with van der Waals surface area (Å²) < 4.78 is 0. The van der Waals surface area contributed by atoms with E-state index in [1.165, 1.54) is 5.56 Å². The van der Waals surface area contributed by atoms with Gasteiger partial charge in [0.2, 0.25) is 0 Å². The van der Waals surface area contributed by atoms with Gasteiger partial charge in [-0.3, -0.25) is 0 Å². The Hall–Kier alpha value is -1.09. The third-order valence-corrected chi connectivity index (χ3v) is 3.45. The van der Waals surface area contributed by atoms with Crippen molar-refractivity contribution < 1.29 is 5.11 Å².